The van der Waals surface area contributed by atoms with E-state index in [9.17, 15) is 0 Å². The third-order valence-electron chi connectivity index (χ3n) is 2.42. The molecule has 4 heteroatoms. The Kier molecular flexibility index (Phi) is 2.77. The number of thiophene rings is 1. The standard InChI is InChI=1S/C11H15N3S/c1-3-5-8-10(9-6-4-7-15-9)11(12)14(2)13-8/h4,6-7H,3,5,12H2,1-2H3. The molecule has 0 unspecified atom stereocenters. The summed E-state index contributed by atoms with van der Waals surface area (Å²) >= 11 is 1.71. The van der Waals surface area contributed by atoms with Crippen LogP contribution in [0.2, 0.25) is 0 Å². The third kappa shape index (κ3) is 1.77. The van der Waals surface area contributed by atoms with Gasteiger partial charge in [-0.15, -0.1) is 11.3 Å². The molecule has 2 aromatic heterocycles. The van der Waals surface area contributed by atoms with Crippen LogP contribution in [0.3, 0.4) is 0 Å². The van der Waals surface area contributed by atoms with E-state index in [2.05, 4.69) is 23.5 Å². The lowest BCUT2D eigenvalue weighted by Gasteiger charge is -1.99. The third-order valence-corrected chi connectivity index (χ3v) is 3.31. The zero-order valence-corrected chi connectivity index (χ0v) is 9.84. The Hall–Kier alpha value is -1.29. The minimum Gasteiger partial charge on any atom is -0.383 e. The fourth-order valence-corrected chi connectivity index (χ4v) is 2.50. The summed E-state index contributed by atoms with van der Waals surface area (Å²) < 4.78 is 1.76. The van der Waals surface area contributed by atoms with Crippen LogP contribution in [-0.4, -0.2) is 9.78 Å². The molecule has 0 radical (unpaired) electrons. The summed E-state index contributed by atoms with van der Waals surface area (Å²) in [7, 11) is 1.89. The molecule has 0 aliphatic rings. The van der Waals surface area contributed by atoms with Crippen molar-refractivity contribution >= 4 is 17.2 Å². The van der Waals surface area contributed by atoms with Crippen LogP contribution < -0.4 is 5.73 Å². The number of hydrogen-bond acceptors (Lipinski definition) is 3. The van der Waals surface area contributed by atoms with Crippen LogP contribution in [0.1, 0.15) is 19.0 Å². The molecule has 2 rings (SSSR count). The van der Waals surface area contributed by atoms with E-state index in [1.807, 2.05) is 13.1 Å². The topological polar surface area (TPSA) is 43.8 Å². The normalized spacial score (nSPS) is 10.8. The van der Waals surface area contributed by atoms with Crippen LogP contribution in [0, 0.1) is 0 Å². The highest BCUT2D eigenvalue weighted by atomic mass is 32.1. The van der Waals surface area contributed by atoms with Crippen molar-refractivity contribution in [2.45, 2.75) is 19.8 Å². The first kappa shape index (κ1) is 10.2. The Balaban J connectivity index is 2.53. The molecule has 0 aliphatic carbocycles. The zero-order chi connectivity index (χ0) is 10.8. The van der Waals surface area contributed by atoms with Gasteiger partial charge in [0.15, 0.2) is 0 Å². The predicted molar refractivity (Wildman–Crippen MR) is 64.9 cm³/mol. The van der Waals surface area contributed by atoms with Crippen molar-refractivity contribution in [3.63, 3.8) is 0 Å². The Morgan fingerprint density at radius 1 is 1.53 bits per heavy atom. The van der Waals surface area contributed by atoms with E-state index in [0.29, 0.717) is 0 Å². The highest BCUT2D eigenvalue weighted by Gasteiger charge is 2.15. The summed E-state index contributed by atoms with van der Waals surface area (Å²) in [6.45, 7) is 2.16. The Morgan fingerprint density at radius 2 is 2.33 bits per heavy atom. The molecule has 2 N–H and O–H groups in total. The SMILES string of the molecule is CCCc1nn(C)c(N)c1-c1cccs1. The van der Waals surface area contributed by atoms with Gasteiger partial charge in [-0.1, -0.05) is 19.4 Å². The second-order valence-electron chi connectivity index (χ2n) is 3.56. The van der Waals surface area contributed by atoms with Gasteiger partial charge in [0.2, 0.25) is 0 Å². The van der Waals surface area contributed by atoms with E-state index in [0.717, 1.165) is 29.9 Å². The number of nitrogens with zero attached hydrogens (tertiary/aromatic N) is 2. The number of aromatic nitrogens is 2. The molecule has 0 atom stereocenters. The molecule has 0 saturated carbocycles. The van der Waals surface area contributed by atoms with E-state index < -0.39 is 0 Å². The van der Waals surface area contributed by atoms with Crippen molar-refractivity contribution in [3.8, 4) is 10.4 Å². The summed E-state index contributed by atoms with van der Waals surface area (Å²) in [5.41, 5.74) is 8.26. The second kappa shape index (κ2) is 4.06. The number of nitrogens with two attached hydrogens (primary N) is 1. The molecule has 0 saturated heterocycles. The van der Waals surface area contributed by atoms with E-state index in [1.54, 1.807) is 16.0 Å². The van der Waals surface area contributed by atoms with E-state index >= 15 is 0 Å². The Morgan fingerprint density at radius 3 is 2.93 bits per heavy atom. The van der Waals surface area contributed by atoms with Gasteiger partial charge in [0, 0.05) is 11.9 Å². The quantitative estimate of drug-likeness (QED) is 0.866. The van der Waals surface area contributed by atoms with Crippen LogP contribution >= 0.6 is 11.3 Å². The fourth-order valence-electron chi connectivity index (χ4n) is 1.70. The molecule has 2 aromatic rings. The average Bonchev–Trinajstić information content (AvgIpc) is 2.78. The van der Waals surface area contributed by atoms with Gasteiger partial charge in [0.1, 0.15) is 5.82 Å². The van der Waals surface area contributed by atoms with Crippen molar-refractivity contribution in [2.24, 2.45) is 7.05 Å². The van der Waals surface area contributed by atoms with Gasteiger partial charge in [-0.2, -0.15) is 5.10 Å². The van der Waals surface area contributed by atoms with Gasteiger partial charge in [-0.25, -0.2) is 0 Å². The summed E-state index contributed by atoms with van der Waals surface area (Å²) in [5.74, 6) is 0.765. The molecule has 3 nitrogen and oxygen atoms in total. The first-order valence-electron chi connectivity index (χ1n) is 5.09. The maximum atomic E-state index is 6.03. The molecule has 2 heterocycles. The highest BCUT2D eigenvalue weighted by molar-refractivity contribution is 7.13. The van der Waals surface area contributed by atoms with Gasteiger partial charge >= 0.3 is 0 Å². The van der Waals surface area contributed by atoms with E-state index in [-0.39, 0.29) is 0 Å². The van der Waals surface area contributed by atoms with Gasteiger partial charge in [0.05, 0.1) is 11.3 Å². The van der Waals surface area contributed by atoms with Crippen LogP contribution in [0.15, 0.2) is 17.5 Å². The fraction of sp³-hybridized carbons (Fsp3) is 0.364. The molecule has 0 aromatic carbocycles. The number of anilines is 1. The van der Waals surface area contributed by atoms with Crippen LogP contribution in [0.5, 0.6) is 0 Å². The summed E-state index contributed by atoms with van der Waals surface area (Å²) in [6, 6.07) is 4.14. The molecule has 0 bridgehead atoms. The highest BCUT2D eigenvalue weighted by Crippen LogP contribution is 2.33. The van der Waals surface area contributed by atoms with Crippen LogP contribution in [0.4, 0.5) is 5.82 Å². The average molecular weight is 221 g/mol. The smallest absolute Gasteiger partial charge is 0.130 e. The molecule has 0 fully saturated rings. The van der Waals surface area contributed by atoms with Gasteiger partial charge in [-0.3, -0.25) is 4.68 Å². The lowest BCUT2D eigenvalue weighted by molar-refractivity contribution is 0.741. The van der Waals surface area contributed by atoms with Gasteiger partial charge in [0.25, 0.3) is 0 Å². The summed E-state index contributed by atoms with van der Waals surface area (Å²) in [5, 5.41) is 6.52. The number of rotatable bonds is 3. The van der Waals surface area contributed by atoms with E-state index in [4.69, 9.17) is 5.73 Å². The van der Waals surface area contributed by atoms with E-state index in [1.165, 1.54) is 4.88 Å². The van der Waals surface area contributed by atoms with Crippen molar-refractivity contribution in [1.29, 1.82) is 0 Å². The number of nitrogen functional groups attached to an aromatic ring is 1. The molecular formula is C11H15N3S. The van der Waals surface area contributed by atoms with Crippen molar-refractivity contribution in [1.82, 2.24) is 9.78 Å². The van der Waals surface area contributed by atoms with Crippen LogP contribution in [0.25, 0.3) is 10.4 Å². The maximum absolute atomic E-state index is 6.03. The largest absolute Gasteiger partial charge is 0.383 e. The molecule has 0 spiro atoms. The molecule has 15 heavy (non-hydrogen) atoms. The molecule has 0 aliphatic heterocycles. The van der Waals surface area contributed by atoms with Crippen molar-refractivity contribution < 1.29 is 0 Å². The monoisotopic (exact) mass is 221 g/mol. The maximum Gasteiger partial charge on any atom is 0.130 e. The van der Waals surface area contributed by atoms with Crippen LogP contribution in [-0.2, 0) is 13.5 Å². The van der Waals surface area contributed by atoms with Gasteiger partial charge < -0.3 is 5.73 Å². The predicted octanol–water partition coefficient (Wildman–Crippen LogP) is 2.68. The number of aryl methyl sites for hydroxylation is 2. The first-order valence-corrected chi connectivity index (χ1v) is 5.97. The number of hydrogen-bond donors (Lipinski definition) is 1. The molecule has 80 valence electrons. The second-order valence-corrected chi connectivity index (χ2v) is 4.51. The van der Waals surface area contributed by atoms with Crippen molar-refractivity contribution in [2.75, 3.05) is 5.73 Å². The first-order chi connectivity index (χ1) is 7.24. The summed E-state index contributed by atoms with van der Waals surface area (Å²) in [4.78, 5) is 1.21. The minimum absolute atomic E-state index is 0.765. The van der Waals surface area contributed by atoms with Gasteiger partial charge in [-0.05, 0) is 17.9 Å². The molecular weight excluding hydrogens is 206 g/mol. The Labute approximate surface area is 93.5 Å². The lowest BCUT2D eigenvalue weighted by atomic mass is 10.1. The van der Waals surface area contributed by atoms with Crippen molar-refractivity contribution in [3.05, 3.63) is 23.2 Å². The lowest BCUT2D eigenvalue weighted by Crippen LogP contribution is -1.97. The summed E-state index contributed by atoms with van der Waals surface area (Å²) in [6.07, 6.45) is 2.08. The minimum atomic E-state index is 0.765. The molecule has 0 amide bonds. The zero-order valence-electron chi connectivity index (χ0n) is 9.03. The Bertz CT molecular complexity index is 443.